The van der Waals surface area contributed by atoms with E-state index in [9.17, 15) is 4.79 Å². The molecule has 1 amide bonds. The van der Waals surface area contributed by atoms with Crippen molar-refractivity contribution in [3.63, 3.8) is 0 Å². The van der Waals surface area contributed by atoms with E-state index in [-0.39, 0.29) is 5.91 Å². The zero-order chi connectivity index (χ0) is 8.69. The summed E-state index contributed by atoms with van der Waals surface area (Å²) in [5.74, 6) is 0.0122. The van der Waals surface area contributed by atoms with Crippen LogP contribution < -0.4 is 5.32 Å². The summed E-state index contributed by atoms with van der Waals surface area (Å²) in [6, 6.07) is 0. The first kappa shape index (κ1) is 9.95. The molecule has 0 heterocycles. The lowest BCUT2D eigenvalue weighted by Gasteiger charge is -1.99. The van der Waals surface area contributed by atoms with Gasteiger partial charge in [-0.25, -0.2) is 0 Å². The maximum atomic E-state index is 10.5. The Kier molecular flexibility index (Phi) is 5.17. The van der Waals surface area contributed by atoms with E-state index in [0.29, 0.717) is 6.54 Å². The van der Waals surface area contributed by atoms with E-state index in [2.05, 4.69) is 5.32 Å². The lowest BCUT2D eigenvalue weighted by atomic mass is 10.2. The number of rotatable bonds is 3. The molecule has 0 atom stereocenters. The van der Waals surface area contributed by atoms with E-state index < -0.39 is 0 Å². The van der Waals surface area contributed by atoms with Crippen molar-refractivity contribution in [3.05, 3.63) is 23.8 Å². The fourth-order valence-corrected chi connectivity index (χ4v) is 0.583. The highest BCUT2D eigenvalue weighted by Gasteiger charge is 1.89. The molecule has 0 saturated heterocycles. The Morgan fingerprint density at radius 2 is 2.09 bits per heavy atom. The average molecular weight is 153 g/mol. The van der Waals surface area contributed by atoms with E-state index in [1.807, 2.05) is 32.1 Å². The predicted octanol–water partition coefficient (Wildman–Crippen LogP) is 1.64. The summed E-state index contributed by atoms with van der Waals surface area (Å²) < 4.78 is 0. The number of amides is 1. The van der Waals surface area contributed by atoms with Gasteiger partial charge in [-0.1, -0.05) is 23.8 Å². The SMILES string of the molecule is C/C=C\C=C(/C)CNC(C)=O. The molecule has 0 aromatic rings. The Morgan fingerprint density at radius 1 is 1.45 bits per heavy atom. The summed E-state index contributed by atoms with van der Waals surface area (Å²) in [7, 11) is 0. The van der Waals surface area contributed by atoms with Crippen molar-refractivity contribution >= 4 is 5.91 Å². The molecule has 62 valence electrons. The van der Waals surface area contributed by atoms with Gasteiger partial charge in [0, 0.05) is 13.5 Å². The van der Waals surface area contributed by atoms with E-state index in [4.69, 9.17) is 0 Å². The van der Waals surface area contributed by atoms with Gasteiger partial charge in [0.2, 0.25) is 5.91 Å². The lowest BCUT2D eigenvalue weighted by Crippen LogP contribution is -2.21. The zero-order valence-corrected chi connectivity index (χ0v) is 7.35. The molecule has 0 radical (unpaired) electrons. The minimum atomic E-state index is 0.0122. The molecule has 0 aliphatic carbocycles. The Bertz CT molecular complexity index is 180. The van der Waals surface area contributed by atoms with Gasteiger partial charge >= 0.3 is 0 Å². The maximum Gasteiger partial charge on any atom is 0.217 e. The summed E-state index contributed by atoms with van der Waals surface area (Å²) in [6.07, 6.45) is 5.89. The van der Waals surface area contributed by atoms with Crippen LogP contribution in [0.4, 0.5) is 0 Å². The number of hydrogen-bond acceptors (Lipinski definition) is 1. The minimum absolute atomic E-state index is 0.0122. The normalized spacial score (nSPS) is 12.1. The lowest BCUT2D eigenvalue weighted by molar-refractivity contribution is -0.118. The van der Waals surface area contributed by atoms with Gasteiger partial charge in [0.05, 0.1) is 0 Å². The molecule has 0 spiro atoms. The second-order valence-electron chi connectivity index (χ2n) is 2.45. The van der Waals surface area contributed by atoms with Crippen molar-refractivity contribution in [1.29, 1.82) is 0 Å². The van der Waals surface area contributed by atoms with Crippen LogP contribution in [0.3, 0.4) is 0 Å². The topological polar surface area (TPSA) is 29.1 Å². The number of hydrogen-bond donors (Lipinski definition) is 1. The molecule has 0 aromatic carbocycles. The summed E-state index contributed by atoms with van der Waals surface area (Å²) in [5.41, 5.74) is 1.15. The Morgan fingerprint density at radius 3 is 2.55 bits per heavy atom. The van der Waals surface area contributed by atoms with Gasteiger partial charge in [0.25, 0.3) is 0 Å². The zero-order valence-electron chi connectivity index (χ0n) is 7.35. The molecule has 11 heavy (non-hydrogen) atoms. The summed E-state index contributed by atoms with van der Waals surface area (Å²) >= 11 is 0. The van der Waals surface area contributed by atoms with Crippen molar-refractivity contribution < 1.29 is 4.79 Å². The van der Waals surface area contributed by atoms with Crippen LogP contribution in [-0.2, 0) is 4.79 Å². The smallest absolute Gasteiger partial charge is 0.217 e. The molecule has 0 fully saturated rings. The van der Waals surface area contributed by atoms with Gasteiger partial charge in [-0.3, -0.25) is 4.79 Å². The van der Waals surface area contributed by atoms with Crippen LogP contribution in [0.2, 0.25) is 0 Å². The van der Waals surface area contributed by atoms with Crippen LogP contribution in [0.5, 0.6) is 0 Å². The first-order chi connectivity index (χ1) is 5.16. The Labute approximate surface area is 68.0 Å². The maximum absolute atomic E-state index is 10.5. The third-order valence-corrected chi connectivity index (χ3v) is 1.19. The van der Waals surface area contributed by atoms with Crippen LogP contribution in [0, 0.1) is 0 Å². The van der Waals surface area contributed by atoms with Crippen LogP contribution in [0.25, 0.3) is 0 Å². The average Bonchev–Trinajstić information content (AvgIpc) is 1.97. The van der Waals surface area contributed by atoms with Gasteiger partial charge in [0.1, 0.15) is 0 Å². The molecule has 1 N–H and O–H groups in total. The van der Waals surface area contributed by atoms with Crippen molar-refractivity contribution in [2.75, 3.05) is 6.54 Å². The van der Waals surface area contributed by atoms with Crippen molar-refractivity contribution in [3.8, 4) is 0 Å². The van der Waals surface area contributed by atoms with Crippen molar-refractivity contribution in [2.24, 2.45) is 0 Å². The molecule has 2 nitrogen and oxygen atoms in total. The van der Waals surface area contributed by atoms with E-state index in [1.165, 1.54) is 6.92 Å². The van der Waals surface area contributed by atoms with Crippen LogP contribution in [0.1, 0.15) is 20.8 Å². The van der Waals surface area contributed by atoms with E-state index >= 15 is 0 Å². The van der Waals surface area contributed by atoms with E-state index in [0.717, 1.165) is 5.57 Å². The van der Waals surface area contributed by atoms with E-state index in [1.54, 1.807) is 0 Å². The van der Waals surface area contributed by atoms with Gasteiger partial charge in [-0.2, -0.15) is 0 Å². The van der Waals surface area contributed by atoms with Crippen LogP contribution in [-0.4, -0.2) is 12.5 Å². The molecule has 0 bridgehead atoms. The second kappa shape index (κ2) is 5.71. The number of allylic oxidation sites excluding steroid dienone is 3. The minimum Gasteiger partial charge on any atom is -0.353 e. The predicted molar refractivity (Wildman–Crippen MR) is 47.3 cm³/mol. The van der Waals surface area contributed by atoms with Gasteiger partial charge in [-0.15, -0.1) is 0 Å². The number of carbonyl (C=O) groups excluding carboxylic acids is 1. The van der Waals surface area contributed by atoms with Crippen LogP contribution >= 0.6 is 0 Å². The molecule has 0 saturated carbocycles. The highest BCUT2D eigenvalue weighted by Crippen LogP contribution is 1.89. The fourth-order valence-electron chi connectivity index (χ4n) is 0.583. The fraction of sp³-hybridized carbons (Fsp3) is 0.444. The quantitative estimate of drug-likeness (QED) is 0.614. The Balaban J connectivity index is 3.68. The summed E-state index contributed by atoms with van der Waals surface area (Å²) in [6.45, 7) is 6.10. The van der Waals surface area contributed by atoms with Gasteiger partial charge in [-0.05, 0) is 13.8 Å². The molecular formula is C9H15NO. The molecule has 0 aliphatic heterocycles. The summed E-state index contributed by atoms with van der Waals surface area (Å²) in [5, 5.41) is 2.71. The Hall–Kier alpha value is -1.05. The van der Waals surface area contributed by atoms with Gasteiger partial charge in [0.15, 0.2) is 0 Å². The third-order valence-electron chi connectivity index (χ3n) is 1.19. The standard InChI is InChI=1S/C9H15NO/c1-4-5-6-8(2)7-10-9(3)11/h4-6H,7H2,1-3H3,(H,10,11)/b5-4-,8-6+. The third kappa shape index (κ3) is 6.84. The van der Waals surface area contributed by atoms with Crippen molar-refractivity contribution in [1.82, 2.24) is 5.32 Å². The summed E-state index contributed by atoms with van der Waals surface area (Å²) in [4.78, 5) is 10.5. The monoisotopic (exact) mass is 153 g/mol. The molecule has 0 aromatic heterocycles. The molecule has 0 rings (SSSR count). The largest absolute Gasteiger partial charge is 0.353 e. The molecule has 2 heteroatoms. The van der Waals surface area contributed by atoms with Crippen molar-refractivity contribution in [2.45, 2.75) is 20.8 Å². The highest BCUT2D eigenvalue weighted by molar-refractivity contribution is 5.73. The van der Waals surface area contributed by atoms with Crippen LogP contribution in [0.15, 0.2) is 23.8 Å². The van der Waals surface area contributed by atoms with Gasteiger partial charge < -0.3 is 5.32 Å². The highest BCUT2D eigenvalue weighted by atomic mass is 16.1. The first-order valence-corrected chi connectivity index (χ1v) is 3.69. The number of carbonyl (C=O) groups is 1. The molecule has 0 unspecified atom stereocenters. The first-order valence-electron chi connectivity index (χ1n) is 3.69. The number of nitrogens with one attached hydrogen (secondary N) is 1. The molecular weight excluding hydrogens is 138 g/mol. The molecule has 0 aliphatic rings. The second-order valence-corrected chi connectivity index (χ2v) is 2.45.